The van der Waals surface area contributed by atoms with Crippen molar-refractivity contribution in [3.8, 4) is 11.8 Å². The van der Waals surface area contributed by atoms with E-state index in [4.69, 9.17) is 14.6 Å². The van der Waals surface area contributed by atoms with Crippen LogP contribution in [0.15, 0.2) is 34.7 Å². The Morgan fingerprint density at radius 2 is 2.26 bits per heavy atom. The third-order valence-electron chi connectivity index (χ3n) is 5.46. The lowest BCUT2D eigenvalue weighted by atomic mass is 9.94. The van der Waals surface area contributed by atoms with Crippen molar-refractivity contribution in [2.75, 3.05) is 33.4 Å². The Bertz CT molecular complexity index is 897. The van der Waals surface area contributed by atoms with Crippen LogP contribution < -0.4 is 10.1 Å². The minimum absolute atomic E-state index is 0.00130. The number of ether oxygens (including phenoxy) is 2. The van der Waals surface area contributed by atoms with Crippen LogP contribution in [0.5, 0.6) is 5.75 Å². The molecule has 2 aliphatic rings. The number of hydrogen-bond donors (Lipinski definition) is 2. The van der Waals surface area contributed by atoms with E-state index in [1.807, 2.05) is 31.2 Å². The largest absolute Gasteiger partial charge is 0.497 e. The monoisotopic (exact) mass is 445 g/mol. The zero-order chi connectivity index (χ0) is 22.4. The van der Waals surface area contributed by atoms with E-state index in [0.29, 0.717) is 25.9 Å². The lowest BCUT2D eigenvalue weighted by molar-refractivity contribution is -0.121. The summed E-state index contributed by atoms with van der Waals surface area (Å²) in [6.45, 7) is 2.53. The van der Waals surface area contributed by atoms with Gasteiger partial charge in [-0.2, -0.15) is 5.26 Å². The fraction of sp³-hybridized carbons (Fsp3) is 0.500. The average molecular weight is 446 g/mol. The molecule has 1 aromatic carbocycles. The molecule has 0 radical (unpaired) electrons. The van der Waals surface area contributed by atoms with Crippen molar-refractivity contribution < 1.29 is 24.2 Å². The van der Waals surface area contributed by atoms with Crippen molar-refractivity contribution in [3.63, 3.8) is 0 Å². The summed E-state index contributed by atoms with van der Waals surface area (Å²) in [6.07, 6.45) is 0.392. The minimum atomic E-state index is -0.477. The Hall–Kier alpha value is -2.70. The van der Waals surface area contributed by atoms with Gasteiger partial charge in [0.1, 0.15) is 12.4 Å². The molecule has 3 unspecified atom stereocenters. The fourth-order valence-corrected chi connectivity index (χ4v) is 5.26. The molecule has 2 N–H and O–H groups in total. The summed E-state index contributed by atoms with van der Waals surface area (Å²) >= 11 is 1.44. The van der Waals surface area contributed by atoms with E-state index in [1.165, 1.54) is 11.8 Å². The molecule has 9 heteroatoms. The number of nitrogens with one attached hydrogen (secondary N) is 1. The van der Waals surface area contributed by atoms with Gasteiger partial charge in [0.2, 0.25) is 5.91 Å². The first-order valence-electron chi connectivity index (χ1n) is 10.2. The number of carbonyl (C=O) groups excluding carboxylic acids is 2. The third-order valence-corrected chi connectivity index (χ3v) is 6.78. The van der Waals surface area contributed by atoms with Crippen molar-refractivity contribution in [1.82, 2.24) is 10.2 Å². The molecular weight excluding hydrogens is 418 g/mol. The van der Waals surface area contributed by atoms with Gasteiger partial charge in [-0.05, 0) is 35.6 Å². The predicted octanol–water partition coefficient (Wildman–Crippen LogP) is 2.61. The maximum Gasteiger partial charge on any atom is 0.410 e. The lowest BCUT2D eigenvalue weighted by Crippen LogP contribution is -2.38. The van der Waals surface area contributed by atoms with Gasteiger partial charge in [0.25, 0.3) is 0 Å². The number of nitriles is 1. The molecule has 3 atom stereocenters. The number of rotatable bonds is 7. The molecule has 1 aromatic rings. The fourth-order valence-electron chi connectivity index (χ4n) is 3.79. The summed E-state index contributed by atoms with van der Waals surface area (Å²) in [5.74, 6) is 0.222. The highest BCUT2D eigenvalue weighted by molar-refractivity contribution is 8.04. The first-order chi connectivity index (χ1) is 15.0. The van der Waals surface area contributed by atoms with Crippen molar-refractivity contribution in [3.05, 3.63) is 40.3 Å². The number of nitrogens with zero attached hydrogens (tertiary/aromatic N) is 2. The quantitative estimate of drug-likeness (QED) is 0.663. The molecule has 2 amide bonds. The van der Waals surface area contributed by atoms with Crippen LogP contribution in [-0.2, 0) is 9.53 Å². The van der Waals surface area contributed by atoms with E-state index < -0.39 is 12.0 Å². The summed E-state index contributed by atoms with van der Waals surface area (Å²) in [6, 6.07) is 9.97. The lowest BCUT2D eigenvalue weighted by Gasteiger charge is -2.27. The van der Waals surface area contributed by atoms with Crippen molar-refractivity contribution in [2.24, 2.45) is 5.92 Å². The van der Waals surface area contributed by atoms with Crippen LogP contribution in [0, 0.1) is 17.2 Å². The standard InChI is InChI=1S/C22H27N3O5S/c1-14(15-4-3-5-16(11-15)29-2)10-20(27)24-21-18(12-23)17-6-7-25(13-19(17)31-21)22(28)30-9-8-26/h3-5,11,14,18,21,26H,6-10,13H2,1-2H3,(H,24,27). The molecule has 0 fully saturated rings. The highest BCUT2D eigenvalue weighted by atomic mass is 32.2. The van der Waals surface area contributed by atoms with E-state index in [-0.39, 0.29) is 30.4 Å². The van der Waals surface area contributed by atoms with Gasteiger partial charge in [-0.25, -0.2) is 4.79 Å². The van der Waals surface area contributed by atoms with E-state index in [2.05, 4.69) is 11.4 Å². The SMILES string of the molecule is COc1cccc(C(C)CC(=O)NC2SC3=C(CCN(C(=O)OCCO)C3)C2C#N)c1. The zero-order valence-electron chi connectivity index (χ0n) is 17.7. The van der Waals surface area contributed by atoms with Gasteiger partial charge >= 0.3 is 6.09 Å². The number of benzene rings is 1. The molecule has 0 saturated heterocycles. The molecule has 0 saturated carbocycles. The minimum Gasteiger partial charge on any atom is -0.497 e. The van der Waals surface area contributed by atoms with Crippen LogP contribution in [0.1, 0.15) is 31.2 Å². The summed E-state index contributed by atoms with van der Waals surface area (Å²) in [4.78, 5) is 27.3. The Balaban J connectivity index is 1.58. The van der Waals surface area contributed by atoms with Crippen LogP contribution in [0.2, 0.25) is 0 Å². The molecule has 166 valence electrons. The molecule has 0 bridgehead atoms. The molecule has 8 nitrogen and oxygen atoms in total. The number of thioether (sulfide) groups is 1. The predicted molar refractivity (Wildman–Crippen MR) is 116 cm³/mol. The van der Waals surface area contributed by atoms with E-state index in [0.717, 1.165) is 21.8 Å². The second kappa shape index (κ2) is 10.6. The number of amides is 2. The number of hydrogen-bond acceptors (Lipinski definition) is 7. The van der Waals surface area contributed by atoms with Crippen LogP contribution in [0.25, 0.3) is 0 Å². The molecule has 0 aliphatic carbocycles. The summed E-state index contributed by atoms with van der Waals surface area (Å²) in [7, 11) is 1.61. The maximum absolute atomic E-state index is 12.7. The molecule has 2 heterocycles. The van der Waals surface area contributed by atoms with Gasteiger partial charge < -0.3 is 24.8 Å². The van der Waals surface area contributed by atoms with Crippen LogP contribution >= 0.6 is 11.8 Å². The van der Waals surface area contributed by atoms with Crippen molar-refractivity contribution in [1.29, 1.82) is 5.26 Å². The first-order valence-corrected chi connectivity index (χ1v) is 11.1. The Morgan fingerprint density at radius 3 is 2.97 bits per heavy atom. The van der Waals surface area contributed by atoms with Gasteiger partial charge in [0.15, 0.2) is 0 Å². The highest BCUT2D eigenvalue weighted by Crippen LogP contribution is 2.44. The number of aliphatic hydroxyl groups is 1. The van der Waals surface area contributed by atoms with E-state index >= 15 is 0 Å². The summed E-state index contributed by atoms with van der Waals surface area (Å²) in [5.41, 5.74) is 2.00. The Kier molecular flexibility index (Phi) is 7.82. The van der Waals surface area contributed by atoms with E-state index in [9.17, 15) is 14.9 Å². The smallest absolute Gasteiger partial charge is 0.410 e. The maximum atomic E-state index is 12.7. The van der Waals surface area contributed by atoms with Crippen LogP contribution in [0.4, 0.5) is 4.79 Å². The van der Waals surface area contributed by atoms with Gasteiger partial charge in [-0.15, -0.1) is 11.8 Å². The molecule has 2 aliphatic heterocycles. The van der Waals surface area contributed by atoms with Crippen LogP contribution in [-0.4, -0.2) is 60.8 Å². The average Bonchev–Trinajstić information content (AvgIpc) is 3.13. The molecular formula is C22H27N3O5S. The first kappa shape index (κ1) is 23.0. The molecule has 3 rings (SSSR count). The Morgan fingerprint density at radius 1 is 1.45 bits per heavy atom. The van der Waals surface area contributed by atoms with Gasteiger partial charge in [0.05, 0.1) is 37.6 Å². The zero-order valence-corrected chi connectivity index (χ0v) is 18.5. The van der Waals surface area contributed by atoms with Gasteiger partial charge in [-0.1, -0.05) is 19.1 Å². The highest BCUT2D eigenvalue weighted by Gasteiger charge is 2.40. The van der Waals surface area contributed by atoms with Crippen LogP contribution in [0.3, 0.4) is 0 Å². The molecule has 0 spiro atoms. The van der Waals surface area contributed by atoms with Crippen molar-refractivity contribution >= 4 is 23.8 Å². The van der Waals surface area contributed by atoms with E-state index in [1.54, 1.807) is 12.0 Å². The summed E-state index contributed by atoms with van der Waals surface area (Å²) < 4.78 is 10.2. The second-order valence-electron chi connectivity index (χ2n) is 7.55. The number of aliphatic hydroxyl groups excluding tert-OH is 1. The summed E-state index contributed by atoms with van der Waals surface area (Å²) in [5, 5.41) is 21.2. The van der Waals surface area contributed by atoms with Crippen molar-refractivity contribution in [2.45, 2.75) is 31.1 Å². The van der Waals surface area contributed by atoms with Gasteiger partial charge in [-0.3, -0.25) is 4.79 Å². The second-order valence-corrected chi connectivity index (χ2v) is 8.79. The normalized spacial score (nSPS) is 21.2. The number of methoxy groups -OCH3 is 1. The molecule has 31 heavy (non-hydrogen) atoms. The topological polar surface area (TPSA) is 112 Å². The number of carbonyl (C=O) groups is 2. The van der Waals surface area contributed by atoms with Gasteiger partial charge in [0, 0.05) is 17.9 Å². The molecule has 0 aromatic heterocycles. The Labute approximate surface area is 186 Å². The third kappa shape index (κ3) is 5.51.